The van der Waals surface area contributed by atoms with Gasteiger partial charge in [-0.1, -0.05) is 0 Å². The molecule has 0 aliphatic carbocycles. The molecule has 0 bridgehead atoms. The minimum absolute atomic E-state index is 0.0410. The Kier molecular flexibility index (Phi) is 4.21. The smallest absolute Gasteiger partial charge is 0.266 e. The third kappa shape index (κ3) is 2.91. The Hall–Kier alpha value is -2.34. The first-order valence-corrected chi connectivity index (χ1v) is 9.54. The Morgan fingerprint density at radius 2 is 2.08 bits per heavy atom. The van der Waals surface area contributed by atoms with Crippen LogP contribution in [0, 0.1) is 0 Å². The third-order valence-corrected chi connectivity index (χ3v) is 5.74. The number of ether oxygens (including phenoxy) is 1. The van der Waals surface area contributed by atoms with Crippen molar-refractivity contribution in [3.63, 3.8) is 0 Å². The fourth-order valence-electron chi connectivity index (χ4n) is 3.33. The average molecular weight is 355 g/mol. The summed E-state index contributed by atoms with van der Waals surface area (Å²) in [4.78, 5) is 20.9. The van der Waals surface area contributed by atoms with E-state index in [2.05, 4.69) is 0 Å². The molecule has 0 spiro atoms. The number of rotatable bonds is 3. The number of nitrogens with two attached hydrogens (primary N) is 1. The Labute approximate surface area is 150 Å². The summed E-state index contributed by atoms with van der Waals surface area (Å²) in [5.74, 6) is 0.843. The molecule has 1 aliphatic rings. The lowest BCUT2D eigenvalue weighted by molar-refractivity contribution is 0.0730. The number of carbonyl (C=O) groups is 1. The summed E-state index contributed by atoms with van der Waals surface area (Å²) in [6.45, 7) is 4.22. The van der Waals surface area contributed by atoms with Gasteiger partial charge < -0.3 is 15.4 Å². The van der Waals surface area contributed by atoms with Gasteiger partial charge in [-0.2, -0.15) is 0 Å². The summed E-state index contributed by atoms with van der Waals surface area (Å²) in [6.07, 6.45) is 3.33. The summed E-state index contributed by atoms with van der Waals surface area (Å²) in [5, 5.41) is 1.86. The molecular weight excluding hydrogens is 334 g/mol. The summed E-state index contributed by atoms with van der Waals surface area (Å²) < 4.78 is 5.55. The third-order valence-electron chi connectivity index (χ3n) is 4.64. The van der Waals surface area contributed by atoms with E-state index in [4.69, 9.17) is 15.5 Å². The molecule has 1 amide bonds. The van der Waals surface area contributed by atoms with Crippen molar-refractivity contribution < 1.29 is 9.53 Å². The molecule has 130 valence electrons. The van der Waals surface area contributed by atoms with Crippen LogP contribution in [0.3, 0.4) is 0 Å². The average Bonchev–Trinajstić information content (AvgIpc) is 2.96. The number of anilines is 1. The van der Waals surface area contributed by atoms with E-state index in [1.807, 2.05) is 36.1 Å². The summed E-state index contributed by atoms with van der Waals surface area (Å²) >= 11 is 1.39. The number of aromatic nitrogens is 1. The molecule has 0 unspecified atom stereocenters. The molecule has 6 heteroatoms. The topological polar surface area (TPSA) is 68.5 Å². The standard InChI is InChI=1S/C19H21N3O2S/c1-2-24-13-7-6-12-10-14-16(20)17(25-18(14)21-15(12)11-13)19(23)22-8-4-3-5-9-22/h6-7,10-11H,2-5,8-9,20H2,1H3. The SMILES string of the molecule is CCOc1ccc2cc3c(N)c(C(=O)N4CCCCC4)sc3nc2c1. The quantitative estimate of drug-likeness (QED) is 0.769. The predicted octanol–water partition coefficient (Wildman–Crippen LogP) is 4.06. The van der Waals surface area contributed by atoms with Crippen molar-refractivity contribution in [2.24, 2.45) is 0 Å². The predicted molar refractivity (Wildman–Crippen MR) is 102 cm³/mol. The largest absolute Gasteiger partial charge is 0.494 e. The highest BCUT2D eigenvalue weighted by Crippen LogP contribution is 2.36. The van der Waals surface area contributed by atoms with Gasteiger partial charge in [0.05, 0.1) is 17.8 Å². The Balaban J connectivity index is 1.77. The minimum Gasteiger partial charge on any atom is -0.494 e. The second kappa shape index (κ2) is 6.52. The number of amides is 1. The van der Waals surface area contributed by atoms with Crippen LogP contribution in [-0.4, -0.2) is 35.5 Å². The van der Waals surface area contributed by atoms with E-state index in [1.165, 1.54) is 17.8 Å². The maximum atomic E-state index is 12.8. The van der Waals surface area contributed by atoms with Crippen molar-refractivity contribution in [3.8, 4) is 5.75 Å². The molecule has 4 rings (SSSR count). The van der Waals surface area contributed by atoms with Gasteiger partial charge in [0.25, 0.3) is 5.91 Å². The van der Waals surface area contributed by atoms with E-state index in [-0.39, 0.29) is 5.91 Å². The molecule has 2 aromatic heterocycles. The zero-order valence-electron chi connectivity index (χ0n) is 14.2. The first kappa shape index (κ1) is 16.1. The minimum atomic E-state index is 0.0410. The maximum absolute atomic E-state index is 12.8. The van der Waals surface area contributed by atoms with Crippen molar-refractivity contribution in [3.05, 3.63) is 29.1 Å². The molecule has 1 saturated heterocycles. The van der Waals surface area contributed by atoms with E-state index >= 15 is 0 Å². The van der Waals surface area contributed by atoms with Crippen LogP contribution < -0.4 is 10.5 Å². The zero-order chi connectivity index (χ0) is 17.4. The molecule has 0 atom stereocenters. The number of hydrogen-bond donors (Lipinski definition) is 1. The van der Waals surface area contributed by atoms with Gasteiger partial charge >= 0.3 is 0 Å². The van der Waals surface area contributed by atoms with Crippen molar-refractivity contribution in [2.45, 2.75) is 26.2 Å². The number of thiophene rings is 1. The molecule has 5 nitrogen and oxygen atoms in total. The molecule has 3 heterocycles. The lowest BCUT2D eigenvalue weighted by Crippen LogP contribution is -2.35. The number of carbonyl (C=O) groups excluding carboxylic acids is 1. The number of pyridine rings is 1. The molecule has 0 radical (unpaired) electrons. The number of likely N-dealkylation sites (tertiary alicyclic amines) is 1. The van der Waals surface area contributed by atoms with Crippen LogP contribution in [0.15, 0.2) is 24.3 Å². The number of fused-ring (bicyclic) bond motifs is 2. The van der Waals surface area contributed by atoms with Crippen LogP contribution in [0.1, 0.15) is 35.9 Å². The fourth-order valence-corrected chi connectivity index (χ4v) is 4.38. The van der Waals surface area contributed by atoms with Gasteiger partial charge in [-0.15, -0.1) is 11.3 Å². The van der Waals surface area contributed by atoms with E-state index in [0.717, 1.165) is 52.8 Å². The van der Waals surface area contributed by atoms with Crippen LogP contribution in [0.4, 0.5) is 5.69 Å². The second-order valence-corrected chi connectivity index (χ2v) is 7.33. The highest BCUT2D eigenvalue weighted by atomic mass is 32.1. The van der Waals surface area contributed by atoms with E-state index < -0.39 is 0 Å². The first-order valence-electron chi connectivity index (χ1n) is 8.72. The van der Waals surface area contributed by atoms with E-state index in [9.17, 15) is 4.79 Å². The highest BCUT2D eigenvalue weighted by Gasteiger charge is 2.24. The lowest BCUT2D eigenvalue weighted by atomic mass is 10.1. The van der Waals surface area contributed by atoms with E-state index in [0.29, 0.717) is 17.2 Å². The molecule has 1 aliphatic heterocycles. The second-order valence-electron chi connectivity index (χ2n) is 6.33. The van der Waals surface area contributed by atoms with Crippen molar-refractivity contribution in [1.82, 2.24) is 9.88 Å². The molecule has 0 saturated carbocycles. The van der Waals surface area contributed by atoms with Gasteiger partial charge in [0.1, 0.15) is 15.5 Å². The zero-order valence-corrected chi connectivity index (χ0v) is 15.1. The molecule has 1 fully saturated rings. The van der Waals surface area contributed by atoms with Crippen LogP contribution in [0.2, 0.25) is 0 Å². The fraction of sp³-hybridized carbons (Fsp3) is 0.368. The number of nitrogen functional groups attached to an aromatic ring is 1. The summed E-state index contributed by atoms with van der Waals surface area (Å²) in [6, 6.07) is 7.87. The van der Waals surface area contributed by atoms with Crippen molar-refractivity contribution in [1.29, 1.82) is 0 Å². The van der Waals surface area contributed by atoms with Gasteiger partial charge in [0.15, 0.2) is 0 Å². The van der Waals surface area contributed by atoms with Gasteiger partial charge in [-0.05, 0) is 44.4 Å². The summed E-state index contributed by atoms with van der Waals surface area (Å²) in [7, 11) is 0. The number of hydrogen-bond acceptors (Lipinski definition) is 5. The monoisotopic (exact) mass is 355 g/mol. The first-order chi connectivity index (χ1) is 12.2. The maximum Gasteiger partial charge on any atom is 0.266 e. The lowest BCUT2D eigenvalue weighted by Gasteiger charge is -2.26. The van der Waals surface area contributed by atoms with Gasteiger partial charge in [0.2, 0.25) is 0 Å². The highest BCUT2D eigenvalue weighted by molar-refractivity contribution is 7.21. The number of benzene rings is 1. The number of piperidine rings is 1. The van der Waals surface area contributed by atoms with Crippen LogP contribution >= 0.6 is 11.3 Å². The van der Waals surface area contributed by atoms with Crippen LogP contribution in [0.25, 0.3) is 21.1 Å². The molecular formula is C19H21N3O2S. The van der Waals surface area contributed by atoms with Crippen LogP contribution in [0.5, 0.6) is 5.75 Å². The van der Waals surface area contributed by atoms with E-state index in [1.54, 1.807) is 0 Å². The van der Waals surface area contributed by atoms with Crippen LogP contribution in [-0.2, 0) is 0 Å². The number of nitrogens with zero attached hydrogens (tertiary/aromatic N) is 2. The molecule has 1 aromatic carbocycles. The normalized spacial score (nSPS) is 15.0. The Morgan fingerprint density at radius 1 is 1.28 bits per heavy atom. The van der Waals surface area contributed by atoms with Gasteiger partial charge in [0, 0.05) is 29.9 Å². The molecule has 25 heavy (non-hydrogen) atoms. The molecule has 2 N–H and O–H groups in total. The van der Waals surface area contributed by atoms with Crippen molar-refractivity contribution in [2.75, 3.05) is 25.4 Å². The molecule has 3 aromatic rings. The van der Waals surface area contributed by atoms with Gasteiger partial charge in [-0.25, -0.2) is 4.98 Å². The Morgan fingerprint density at radius 3 is 2.84 bits per heavy atom. The van der Waals surface area contributed by atoms with Crippen molar-refractivity contribution >= 4 is 44.1 Å². The van der Waals surface area contributed by atoms with Gasteiger partial charge in [-0.3, -0.25) is 4.79 Å². The Bertz CT molecular complexity index is 945. The summed E-state index contributed by atoms with van der Waals surface area (Å²) in [5.41, 5.74) is 7.73.